The third-order valence-electron chi connectivity index (χ3n) is 4.25. The summed E-state index contributed by atoms with van der Waals surface area (Å²) in [6.07, 6.45) is -2.30. The molecule has 10 heteroatoms. The van der Waals surface area contributed by atoms with E-state index in [0.717, 1.165) is 15.5 Å². The van der Waals surface area contributed by atoms with Crippen molar-refractivity contribution < 1.29 is 29.2 Å². The molecule has 2 amide bonds. The van der Waals surface area contributed by atoms with Crippen LogP contribution in [0.25, 0.3) is 10.9 Å². The molecule has 30 heavy (non-hydrogen) atoms. The van der Waals surface area contributed by atoms with E-state index in [4.69, 9.17) is 4.74 Å². The summed E-state index contributed by atoms with van der Waals surface area (Å²) in [5, 5.41) is 21.2. The Labute approximate surface area is 173 Å². The lowest BCUT2D eigenvalue weighted by Crippen LogP contribution is -2.39. The predicted molar refractivity (Wildman–Crippen MR) is 109 cm³/mol. The zero-order valence-electron chi connectivity index (χ0n) is 18.0. The number of hydrogen-bond acceptors (Lipinski definition) is 6. The summed E-state index contributed by atoms with van der Waals surface area (Å²) >= 11 is 0. The number of carbonyl (C=O) groups excluding carboxylic acids is 2. The van der Waals surface area contributed by atoms with Gasteiger partial charge in [-0.3, -0.25) is 14.9 Å². The summed E-state index contributed by atoms with van der Waals surface area (Å²) in [6.45, 7) is 10.1. The SMILES string of the molecule is CN(C(=O)OC(C)(C)C)C(=O)c1c(C(C)(C)C)n(C(=O)O)c2cc([N+](=O)[O-])ccc12. The van der Waals surface area contributed by atoms with E-state index >= 15 is 0 Å². The molecule has 0 bridgehead atoms. The highest BCUT2D eigenvalue weighted by molar-refractivity contribution is 6.14. The maximum absolute atomic E-state index is 13.3. The van der Waals surface area contributed by atoms with Gasteiger partial charge in [0.05, 0.1) is 16.0 Å². The second-order valence-electron chi connectivity index (χ2n) is 8.89. The van der Waals surface area contributed by atoms with Crippen molar-refractivity contribution in [1.82, 2.24) is 9.47 Å². The first kappa shape index (κ1) is 22.9. The van der Waals surface area contributed by atoms with Crippen LogP contribution in [0.1, 0.15) is 57.6 Å². The van der Waals surface area contributed by atoms with E-state index in [1.165, 1.54) is 19.2 Å². The minimum Gasteiger partial charge on any atom is -0.464 e. The van der Waals surface area contributed by atoms with Crippen LogP contribution < -0.4 is 0 Å². The monoisotopic (exact) mass is 419 g/mol. The van der Waals surface area contributed by atoms with Crippen molar-refractivity contribution >= 4 is 34.7 Å². The molecule has 0 unspecified atom stereocenters. The molecular weight excluding hydrogens is 394 g/mol. The van der Waals surface area contributed by atoms with Crippen LogP contribution in [0.5, 0.6) is 0 Å². The van der Waals surface area contributed by atoms with Crippen molar-refractivity contribution in [1.29, 1.82) is 0 Å². The van der Waals surface area contributed by atoms with Crippen molar-refractivity contribution in [3.8, 4) is 0 Å². The van der Waals surface area contributed by atoms with Crippen molar-refractivity contribution in [2.24, 2.45) is 0 Å². The Morgan fingerprint density at radius 1 is 1.13 bits per heavy atom. The third kappa shape index (κ3) is 4.27. The van der Waals surface area contributed by atoms with Gasteiger partial charge in [0.25, 0.3) is 11.6 Å². The number of ether oxygens (including phenoxy) is 1. The zero-order chi connectivity index (χ0) is 23.2. The molecule has 2 rings (SSSR count). The van der Waals surface area contributed by atoms with Crippen molar-refractivity contribution in [3.05, 3.63) is 39.6 Å². The van der Waals surface area contributed by atoms with Crippen molar-refractivity contribution in [3.63, 3.8) is 0 Å². The molecule has 0 radical (unpaired) electrons. The largest absolute Gasteiger partial charge is 0.464 e. The number of nitrogens with zero attached hydrogens (tertiary/aromatic N) is 3. The number of amides is 2. The third-order valence-corrected chi connectivity index (χ3v) is 4.25. The van der Waals surface area contributed by atoms with E-state index in [2.05, 4.69) is 0 Å². The highest BCUT2D eigenvalue weighted by Crippen LogP contribution is 2.37. The molecule has 1 aromatic heterocycles. The van der Waals surface area contributed by atoms with Crippen LogP contribution in [0.15, 0.2) is 18.2 Å². The molecule has 0 saturated heterocycles. The average molecular weight is 419 g/mol. The maximum atomic E-state index is 13.3. The van der Waals surface area contributed by atoms with Crippen LogP contribution in [0, 0.1) is 10.1 Å². The number of benzene rings is 1. The summed E-state index contributed by atoms with van der Waals surface area (Å²) < 4.78 is 6.10. The van der Waals surface area contributed by atoms with E-state index in [1.807, 2.05) is 0 Å². The summed E-state index contributed by atoms with van der Waals surface area (Å²) in [5.74, 6) is -0.770. The number of carboxylic acid groups (broad SMARTS) is 1. The molecule has 0 aliphatic carbocycles. The quantitative estimate of drug-likeness (QED) is 0.564. The van der Waals surface area contributed by atoms with Gasteiger partial charge in [-0.2, -0.15) is 0 Å². The molecule has 1 aromatic carbocycles. The highest BCUT2D eigenvalue weighted by Gasteiger charge is 2.36. The van der Waals surface area contributed by atoms with E-state index < -0.39 is 34.0 Å². The highest BCUT2D eigenvalue weighted by atomic mass is 16.6. The maximum Gasteiger partial charge on any atom is 0.417 e. The van der Waals surface area contributed by atoms with Crippen LogP contribution in [0.2, 0.25) is 0 Å². The smallest absolute Gasteiger partial charge is 0.417 e. The number of imide groups is 1. The Kier molecular flexibility index (Phi) is 5.66. The normalized spacial score (nSPS) is 12.0. The molecule has 0 saturated carbocycles. The van der Waals surface area contributed by atoms with Gasteiger partial charge in [0, 0.05) is 35.7 Å². The lowest BCUT2D eigenvalue weighted by atomic mass is 9.88. The summed E-state index contributed by atoms with van der Waals surface area (Å²) in [7, 11) is 1.23. The molecule has 0 spiro atoms. The molecule has 1 heterocycles. The summed E-state index contributed by atoms with van der Waals surface area (Å²) in [5.41, 5.74) is -1.92. The second-order valence-corrected chi connectivity index (χ2v) is 8.89. The van der Waals surface area contributed by atoms with E-state index in [1.54, 1.807) is 41.5 Å². The van der Waals surface area contributed by atoms with Crippen LogP contribution >= 0.6 is 0 Å². The number of nitro benzene ring substituents is 1. The number of hydrogen-bond donors (Lipinski definition) is 1. The summed E-state index contributed by atoms with van der Waals surface area (Å²) in [6, 6.07) is 3.60. The van der Waals surface area contributed by atoms with Crippen LogP contribution in [-0.2, 0) is 10.2 Å². The Morgan fingerprint density at radius 3 is 2.13 bits per heavy atom. The fraction of sp³-hybridized carbons (Fsp3) is 0.450. The summed E-state index contributed by atoms with van der Waals surface area (Å²) in [4.78, 5) is 49.1. The van der Waals surface area contributed by atoms with Crippen LogP contribution in [0.3, 0.4) is 0 Å². The van der Waals surface area contributed by atoms with Gasteiger partial charge in [0.15, 0.2) is 0 Å². The molecule has 0 atom stereocenters. The zero-order valence-corrected chi connectivity index (χ0v) is 18.0. The van der Waals surface area contributed by atoms with Gasteiger partial charge in [-0.15, -0.1) is 0 Å². The van der Waals surface area contributed by atoms with Gasteiger partial charge in [-0.1, -0.05) is 20.8 Å². The molecular formula is C20H25N3O7. The first-order valence-corrected chi connectivity index (χ1v) is 9.14. The Hall–Kier alpha value is -3.43. The first-order valence-electron chi connectivity index (χ1n) is 9.14. The lowest BCUT2D eigenvalue weighted by Gasteiger charge is -2.26. The molecule has 1 N–H and O–H groups in total. The fourth-order valence-corrected chi connectivity index (χ4v) is 3.10. The first-order chi connectivity index (χ1) is 13.6. The predicted octanol–water partition coefficient (Wildman–Crippen LogP) is 4.38. The minimum absolute atomic E-state index is 0.0115. The Bertz CT molecular complexity index is 1060. The number of carbonyl (C=O) groups is 3. The number of rotatable bonds is 2. The van der Waals surface area contributed by atoms with Gasteiger partial charge < -0.3 is 9.84 Å². The molecule has 0 fully saturated rings. The number of nitro groups is 1. The van der Waals surface area contributed by atoms with E-state index in [-0.39, 0.29) is 27.8 Å². The van der Waals surface area contributed by atoms with E-state index in [0.29, 0.717) is 0 Å². The molecule has 162 valence electrons. The molecule has 2 aromatic rings. The second kappa shape index (κ2) is 7.43. The Morgan fingerprint density at radius 2 is 1.70 bits per heavy atom. The van der Waals surface area contributed by atoms with Gasteiger partial charge in [0.2, 0.25) is 0 Å². The van der Waals surface area contributed by atoms with Crippen LogP contribution in [0.4, 0.5) is 15.3 Å². The molecule has 0 aliphatic rings. The van der Waals surface area contributed by atoms with Gasteiger partial charge in [0.1, 0.15) is 5.60 Å². The standard InChI is InChI=1S/C20H25N3O7/c1-19(2,3)15-14(16(24)21(7)18(27)30-20(4,5)6)12-9-8-11(23(28)29)10-13(12)22(15)17(25)26/h8-10H,1-7H3,(H,25,26). The number of fused-ring (bicyclic) bond motifs is 1. The Balaban J connectivity index is 2.83. The fourth-order valence-electron chi connectivity index (χ4n) is 3.10. The van der Waals surface area contributed by atoms with Crippen molar-refractivity contribution in [2.45, 2.75) is 52.6 Å². The molecule has 10 nitrogen and oxygen atoms in total. The minimum atomic E-state index is -1.40. The van der Waals surface area contributed by atoms with E-state index in [9.17, 15) is 29.6 Å². The van der Waals surface area contributed by atoms with Gasteiger partial charge in [-0.25, -0.2) is 19.1 Å². The average Bonchev–Trinajstić information content (AvgIpc) is 2.93. The molecule has 0 aliphatic heterocycles. The number of aromatic nitrogens is 1. The topological polar surface area (TPSA) is 132 Å². The lowest BCUT2D eigenvalue weighted by molar-refractivity contribution is -0.384. The van der Waals surface area contributed by atoms with Crippen LogP contribution in [-0.4, -0.2) is 50.2 Å². The van der Waals surface area contributed by atoms with Gasteiger partial charge >= 0.3 is 12.2 Å². The van der Waals surface area contributed by atoms with Gasteiger partial charge in [-0.05, 0) is 26.8 Å². The number of non-ortho nitro benzene ring substituents is 1. The van der Waals surface area contributed by atoms with Crippen molar-refractivity contribution in [2.75, 3.05) is 7.05 Å².